The molecule has 0 aromatic heterocycles. The Morgan fingerprint density at radius 3 is 2.55 bits per heavy atom. The summed E-state index contributed by atoms with van der Waals surface area (Å²) in [5.41, 5.74) is 2.10. The molecule has 0 amide bonds. The topological polar surface area (TPSA) is 18.5 Å². The Hall–Kier alpha value is -1.13. The van der Waals surface area contributed by atoms with Gasteiger partial charge in [-0.3, -0.25) is 0 Å². The lowest BCUT2D eigenvalue weighted by Crippen LogP contribution is -2.46. The van der Waals surface area contributed by atoms with Crippen LogP contribution in [-0.2, 0) is 6.54 Å². The molecule has 20 heavy (non-hydrogen) atoms. The zero-order chi connectivity index (χ0) is 13.9. The normalized spacial score (nSPS) is 20.4. The van der Waals surface area contributed by atoms with Crippen molar-refractivity contribution < 1.29 is 4.39 Å². The summed E-state index contributed by atoms with van der Waals surface area (Å²) in [5, 5.41) is 3.45. The van der Waals surface area contributed by atoms with Crippen LogP contribution in [0.4, 0.5) is 10.1 Å². The van der Waals surface area contributed by atoms with Crippen molar-refractivity contribution in [2.45, 2.75) is 32.4 Å². The number of anilines is 1. The van der Waals surface area contributed by atoms with Crippen molar-refractivity contribution in [3.8, 4) is 0 Å². The van der Waals surface area contributed by atoms with Crippen LogP contribution in [0.25, 0.3) is 0 Å². The van der Waals surface area contributed by atoms with Crippen LogP contribution < -0.4 is 10.2 Å². The molecule has 1 aliphatic carbocycles. The fourth-order valence-electron chi connectivity index (χ4n) is 2.79. The highest BCUT2D eigenvalue weighted by molar-refractivity contribution is 5.49. The molecule has 0 spiro atoms. The highest BCUT2D eigenvalue weighted by Crippen LogP contribution is 2.22. The van der Waals surface area contributed by atoms with Crippen molar-refractivity contribution in [1.82, 2.24) is 10.2 Å². The molecule has 1 aliphatic heterocycles. The first-order valence-corrected chi connectivity index (χ1v) is 7.75. The fraction of sp³-hybridized carbons (Fsp3) is 0.625. The van der Waals surface area contributed by atoms with Crippen LogP contribution in [0.3, 0.4) is 0 Å². The molecule has 1 N–H and O–H groups in total. The molecule has 3 nitrogen and oxygen atoms in total. The molecule has 1 saturated carbocycles. The molecular formula is C16H24FN3. The van der Waals surface area contributed by atoms with Gasteiger partial charge in [0.1, 0.15) is 5.82 Å². The Balaban J connectivity index is 1.65. The molecule has 0 bridgehead atoms. The lowest BCUT2D eigenvalue weighted by atomic mass is 10.1. The number of rotatable bonds is 5. The minimum Gasteiger partial charge on any atom is -0.369 e. The van der Waals surface area contributed by atoms with Crippen LogP contribution in [0.2, 0.25) is 0 Å². The summed E-state index contributed by atoms with van der Waals surface area (Å²) in [6, 6.07) is 6.12. The molecule has 110 valence electrons. The number of piperazine rings is 1. The van der Waals surface area contributed by atoms with Crippen LogP contribution in [-0.4, -0.2) is 43.7 Å². The van der Waals surface area contributed by atoms with Crippen LogP contribution >= 0.6 is 0 Å². The summed E-state index contributed by atoms with van der Waals surface area (Å²) < 4.78 is 13.8. The minimum atomic E-state index is -0.118. The van der Waals surface area contributed by atoms with Crippen molar-refractivity contribution in [1.29, 1.82) is 0 Å². The van der Waals surface area contributed by atoms with Crippen LogP contribution in [0.1, 0.15) is 25.3 Å². The van der Waals surface area contributed by atoms with Crippen molar-refractivity contribution in [3.05, 3.63) is 29.6 Å². The Morgan fingerprint density at radius 1 is 1.15 bits per heavy atom. The molecule has 0 unspecified atom stereocenters. The third kappa shape index (κ3) is 3.49. The van der Waals surface area contributed by atoms with E-state index < -0.39 is 0 Å². The van der Waals surface area contributed by atoms with E-state index in [4.69, 9.17) is 0 Å². The lowest BCUT2D eigenvalue weighted by molar-refractivity contribution is 0.271. The van der Waals surface area contributed by atoms with Gasteiger partial charge in [-0.2, -0.15) is 0 Å². The molecule has 1 saturated heterocycles. The first-order chi connectivity index (χ1) is 9.74. The van der Waals surface area contributed by atoms with E-state index in [-0.39, 0.29) is 5.82 Å². The summed E-state index contributed by atoms with van der Waals surface area (Å²) in [5.74, 6) is -0.118. The maximum atomic E-state index is 13.8. The van der Waals surface area contributed by atoms with Gasteiger partial charge in [0.2, 0.25) is 0 Å². The SMILES string of the molecule is CCN1CCN(c2cc(F)cc(CNC3CC3)c2)CC1. The second kappa shape index (κ2) is 6.10. The first-order valence-electron chi connectivity index (χ1n) is 7.75. The summed E-state index contributed by atoms with van der Waals surface area (Å²) in [7, 11) is 0. The van der Waals surface area contributed by atoms with Crippen molar-refractivity contribution >= 4 is 5.69 Å². The molecule has 3 rings (SSSR count). The van der Waals surface area contributed by atoms with Gasteiger partial charge in [0.15, 0.2) is 0 Å². The van der Waals surface area contributed by atoms with Crippen LogP contribution in [0.5, 0.6) is 0 Å². The molecule has 2 fully saturated rings. The van der Waals surface area contributed by atoms with Crippen LogP contribution in [0.15, 0.2) is 18.2 Å². The van der Waals surface area contributed by atoms with Gasteiger partial charge in [0.05, 0.1) is 0 Å². The van der Waals surface area contributed by atoms with E-state index in [1.807, 2.05) is 0 Å². The largest absolute Gasteiger partial charge is 0.369 e. The highest BCUT2D eigenvalue weighted by Gasteiger charge is 2.21. The molecule has 0 radical (unpaired) electrons. The first kappa shape index (κ1) is 13.8. The van der Waals surface area contributed by atoms with Gasteiger partial charge >= 0.3 is 0 Å². The van der Waals surface area contributed by atoms with E-state index in [9.17, 15) is 4.39 Å². The predicted molar refractivity (Wildman–Crippen MR) is 80.6 cm³/mol. The predicted octanol–water partition coefficient (Wildman–Crippen LogP) is 2.22. The van der Waals surface area contributed by atoms with Gasteiger partial charge in [-0.15, -0.1) is 0 Å². The zero-order valence-electron chi connectivity index (χ0n) is 12.2. The van der Waals surface area contributed by atoms with E-state index in [0.29, 0.717) is 6.04 Å². The Kier molecular flexibility index (Phi) is 4.22. The second-order valence-corrected chi connectivity index (χ2v) is 5.89. The van der Waals surface area contributed by atoms with Gasteiger partial charge in [-0.1, -0.05) is 6.92 Å². The number of nitrogens with one attached hydrogen (secondary N) is 1. The average molecular weight is 277 g/mol. The summed E-state index contributed by atoms with van der Waals surface area (Å²) in [6.45, 7) is 8.21. The number of likely N-dealkylation sites (N-methyl/N-ethyl adjacent to an activating group) is 1. The number of hydrogen-bond acceptors (Lipinski definition) is 3. The van der Waals surface area contributed by atoms with Gasteiger partial charge in [0.25, 0.3) is 0 Å². The van der Waals surface area contributed by atoms with E-state index in [0.717, 1.165) is 50.5 Å². The van der Waals surface area contributed by atoms with Gasteiger partial charge in [-0.05, 0) is 43.1 Å². The van der Waals surface area contributed by atoms with Gasteiger partial charge < -0.3 is 15.1 Å². The monoisotopic (exact) mass is 277 g/mol. The number of nitrogens with zero attached hydrogens (tertiary/aromatic N) is 2. The van der Waals surface area contributed by atoms with Crippen molar-refractivity contribution in [2.24, 2.45) is 0 Å². The summed E-state index contributed by atoms with van der Waals surface area (Å²) in [6.07, 6.45) is 2.53. The van der Waals surface area contributed by atoms with E-state index in [2.05, 4.69) is 28.1 Å². The number of benzene rings is 1. The molecule has 1 aromatic carbocycles. The third-order valence-corrected chi connectivity index (χ3v) is 4.30. The quantitative estimate of drug-likeness (QED) is 0.890. The Bertz CT molecular complexity index is 451. The molecule has 1 heterocycles. The summed E-state index contributed by atoms with van der Waals surface area (Å²) in [4.78, 5) is 4.74. The van der Waals surface area contributed by atoms with Crippen LogP contribution in [0, 0.1) is 5.82 Å². The number of halogens is 1. The number of hydrogen-bond donors (Lipinski definition) is 1. The van der Waals surface area contributed by atoms with Crippen molar-refractivity contribution in [3.63, 3.8) is 0 Å². The van der Waals surface area contributed by atoms with E-state index >= 15 is 0 Å². The maximum Gasteiger partial charge on any atom is 0.125 e. The summed E-state index contributed by atoms with van der Waals surface area (Å²) >= 11 is 0. The molecule has 2 aliphatic rings. The Morgan fingerprint density at radius 2 is 1.90 bits per heavy atom. The minimum absolute atomic E-state index is 0.118. The standard InChI is InChI=1S/C16H24FN3/c1-2-19-5-7-20(8-6-19)16-10-13(9-14(17)11-16)12-18-15-3-4-15/h9-11,15,18H,2-8,12H2,1H3. The maximum absolute atomic E-state index is 13.8. The van der Waals surface area contributed by atoms with Gasteiger partial charge in [-0.25, -0.2) is 4.39 Å². The molecular weight excluding hydrogens is 253 g/mol. The lowest BCUT2D eigenvalue weighted by Gasteiger charge is -2.35. The highest BCUT2D eigenvalue weighted by atomic mass is 19.1. The third-order valence-electron chi connectivity index (χ3n) is 4.30. The van der Waals surface area contributed by atoms with Gasteiger partial charge in [0, 0.05) is 44.5 Å². The Labute approximate surface area is 120 Å². The second-order valence-electron chi connectivity index (χ2n) is 5.89. The zero-order valence-corrected chi connectivity index (χ0v) is 12.2. The van der Waals surface area contributed by atoms with E-state index in [1.54, 1.807) is 12.1 Å². The fourth-order valence-corrected chi connectivity index (χ4v) is 2.79. The molecule has 4 heteroatoms. The van der Waals surface area contributed by atoms with Crippen molar-refractivity contribution in [2.75, 3.05) is 37.6 Å². The van der Waals surface area contributed by atoms with E-state index in [1.165, 1.54) is 12.8 Å². The molecule has 0 atom stereocenters. The molecule has 1 aromatic rings. The smallest absolute Gasteiger partial charge is 0.125 e. The average Bonchev–Trinajstić information content (AvgIpc) is 3.29.